The van der Waals surface area contributed by atoms with E-state index in [0.29, 0.717) is 0 Å². The third kappa shape index (κ3) is 1.52. The molecule has 0 spiro atoms. The molecule has 0 unspecified atom stereocenters. The van der Waals surface area contributed by atoms with Gasteiger partial charge in [0.25, 0.3) is 0 Å². The maximum atomic E-state index is 9.80. The van der Waals surface area contributed by atoms with Crippen molar-refractivity contribution in [1.82, 2.24) is 0 Å². The van der Waals surface area contributed by atoms with E-state index in [0.717, 1.165) is 12.0 Å². The maximum absolute atomic E-state index is 9.80. The van der Waals surface area contributed by atoms with Gasteiger partial charge in [-0.05, 0) is 43.0 Å². The zero-order chi connectivity index (χ0) is 9.47. The van der Waals surface area contributed by atoms with Crippen LogP contribution in [0, 0.1) is 0 Å². The van der Waals surface area contributed by atoms with E-state index in [1.165, 1.54) is 11.1 Å². The first-order valence-corrected chi connectivity index (χ1v) is 4.60. The molecule has 1 aliphatic carbocycles. The second-order valence-electron chi connectivity index (χ2n) is 4.08. The molecule has 1 aromatic rings. The van der Waals surface area contributed by atoms with Gasteiger partial charge in [0, 0.05) is 0 Å². The molecule has 68 valence electrons. The summed E-state index contributed by atoms with van der Waals surface area (Å²) in [5.41, 5.74) is 2.86. The molecule has 0 radical (unpaired) electrons. The van der Waals surface area contributed by atoms with Gasteiger partial charge in [-0.1, -0.05) is 24.3 Å². The molecule has 0 aliphatic heterocycles. The monoisotopic (exact) mass is 174 g/mol. The minimum absolute atomic E-state index is 0.731. The molecule has 1 N–H and O–H groups in total. The summed E-state index contributed by atoms with van der Waals surface area (Å²) in [4.78, 5) is 0. The molecule has 0 saturated heterocycles. The summed E-state index contributed by atoms with van der Waals surface area (Å²) in [6.07, 6.45) is 5.30. The zero-order valence-electron chi connectivity index (χ0n) is 8.04. The van der Waals surface area contributed by atoms with Crippen molar-refractivity contribution in [2.45, 2.75) is 25.9 Å². The number of benzene rings is 1. The fourth-order valence-corrected chi connectivity index (χ4v) is 1.63. The summed E-state index contributed by atoms with van der Waals surface area (Å²) in [5.74, 6) is 0. The van der Waals surface area contributed by atoms with Gasteiger partial charge in [-0.2, -0.15) is 0 Å². The largest absolute Gasteiger partial charge is 0.386 e. The molecule has 13 heavy (non-hydrogen) atoms. The molecule has 0 atom stereocenters. The second kappa shape index (κ2) is 2.71. The molecular formula is C12H14O. The van der Waals surface area contributed by atoms with Crippen LogP contribution >= 0.6 is 0 Å². The number of rotatable bonds is 1. The smallest absolute Gasteiger partial charge is 0.0840 e. The summed E-state index contributed by atoms with van der Waals surface area (Å²) in [6.45, 7) is 3.63. The summed E-state index contributed by atoms with van der Waals surface area (Å²) in [6, 6.07) is 6.17. The van der Waals surface area contributed by atoms with Crippen molar-refractivity contribution in [3.05, 3.63) is 41.0 Å². The van der Waals surface area contributed by atoms with Crippen LogP contribution in [0.25, 0.3) is 6.08 Å². The number of aliphatic hydroxyl groups is 1. The van der Waals surface area contributed by atoms with Gasteiger partial charge in [-0.15, -0.1) is 0 Å². The maximum Gasteiger partial charge on any atom is 0.0840 e. The molecule has 1 heteroatoms. The number of allylic oxidation sites excluding steroid dienone is 1. The minimum Gasteiger partial charge on any atom is -0.386 e. The molecule has 1 aromatic carbocycles. The van der Waals surface area contributed by atoms with Crippen LogP contribution in [0.3, 0.4) is 0 Å². The molecule has 1 nitrogen and oxygen atoms in total. The van der Waals surface area contributed by atoms with Crippen LogP contribution in [0.5, 0.6) is 0 Å². The molecule has 0 heterocycles. The second-order valence-corrected chi connectivity index (χ2v) is 4.08. The normalized spacial score (nSPS) is 14.7. The van der Waals surface area contributed by atoms with Crippen molar-refractivity contribution in [3.8, 4) is 0 Å². The van der Waals surface area contributed by atoms with E-state index in [9.17, 15) is 5.11 Å². The van der Waals surface area contributed by atoms with Crippen LogP contribution in [0.15, 0.2) is 24.3 Å². The number of hydrogen-bond acceptors (Lipinski definition) is 1. The fraction of sp³-hybridized carbons (Fsp3) is 0.333. The molecule has 0 bridgehead atoms. The predicted octanol–water partition coefficient (Wildman–Crippen LogP) is 2.48. The zero-order valence-corrected chi connectivity index (χ0v) is 8.04. The molecule has 0 aromatic heterocycles. The van der Waals surface area contributed by atoms with Crippen LogP contribution in [0.4, 0.5) is 0 Å². The Kier molecular flexibility index (Phi) is 1.77. The fourth-order valence-electron chi connectivity index (χ4n) is 1.63. The predicted molar refractivity (Wildman–Crippen MR) is 54.4 cm³/mol. The van der Waals surface area contributed by atoms with E-state index in [-0.39, 0.29) is 0 Å². The average Bonchev–Trinajstić information content (AvgIpc) is 2.47. The lowest BCUT2D eigenvalue weighted by molar-refractivity contribution is 0.0786. The SMILES string of the molecule is CC(C)(O)c1ccc2c(c1)C=CC2. The van der Waals surface area contributed by atoms with Crippen molar-refractivity contribution < 1.29 is 5.11 Å². The lowest BCUT2D eigenvalue weighted by Gasteiger charge is -2.18. The Morgan fingerprint density at radius 1 is 1.31 bits per heavy atom. The van der Waals surface area contributed by atoms with Crippen LogP contribution in [0.1, 0.15) is 30.5 Å². The van der Waals surface area contributed by atoms with E-state index < -0.39 is 5.60 Å². The van der Waals surface area contributed by atoms with Gasteiger partial charge in [0.15, 0.2) is 0 Å². The molecule has 0 saturated carbocycles. The first-order valence-electron chi connectivity index (χ1n) is 4.60. The first kappa shape index (κ1) is 8.52. The van der Waals surface area contributed by atoms with Crippen molar-refractivity contribution in [2.75, 3.05) is 0 Å². The number of fused-ring (bicyclic) bond motifs is 1. The van der Waals surface area contributed by atoms with E-state index >= 15 is 0 Å². The third-order valence-corrected chi connectivity index (χ3v) is 2.49. The van der Waals surface area contributed by atoms with Gasteiger partial charge in [-0.3, -0.25) is 0 Å². The molecular weight excluding hydrogens is 160 g/mol. The molecule has 0 amide bonds. The lowest BCUT2D eigenvalue weighted by Crippen LogP contribution is -2.15. The van der Waals surface area contributed by atoms with Crippen LogP contribution in [-0.4, -0.2) is 5.11 Å². The van der Waals surface area contributed by atoms with Gasteiger partial charge >= 0.3 is 0 Å². The summed E-state index contributed by atoms with van der Waals surface area (Å²) in [7, 11) is 0. The topological polar surface area (TPSA) is 20.2 Å². The third-order valence-electron chi connectivity index (χ3n) is 2.49. The standard InChI is InChI=1S/C12H14O/c1-12(2,13)11-7-6-9-4-3-5-10(9)8-11/h3,5-8,13H,4H2,1-2H3. The Labute approximate surface area is 78.7 Å². The summed E-state index contributed by atoms with van der Waals surface area (Å²) in [5, 5.41) is 9.80. The molecule has 2 rings (SSSR count). The van der Waals surface area contributed by atoms with E-state index in [1.54, 1.807) is 0 Å². The van der Waals surface area contributed by atoms with Crippen molar-refractivity contribution >= 4 is 6.08 Å². The summed E-state index contributed by atoms with van der Waals surface area (Å²) >= 11 is 0. The highest BCUT2D eigenvalue weighted by atomic mass is 16.3. The van der Waals surface area contributed by atoms with Gasteiger partial charge in [0.2, 0.25) is 0 Å². The van der Waals surface area contributed by atoms with Crippen LogP contribution < -0.4 is 0 Å². The first-order chi connectivity index (χ1) is 6.07. The Balaban J connectivity index is 2.47. The van der Waals surface area contributed by atoms with Crippen molar-refractivity contribution in [3.63, 3.8) is 0 Å². The van der Waals surface area contributed by atoms with Crippen molar-refractivity contribution in [1.29, 1.82) is 0 Å². The van der Waals surface area contributed by atoms with Gasteiger partial charge < -0.3 is 5.11 Å². The van der Waals surface area contributed by atoms with Crippen LogP contribution in [-0.2, 0) is 12.0 Å². The Morgan fingerprint density at radius 3 is 2.77 bits per heavy atom. The Bertz CT molecular complexity index is 356. The highest BCUT2D eigenvalue weighted by molar-refractivity contribution is 5.61. The Morgan fingerprint density at radius 2 is 2.08 bits per heavy atom. The number of hydrogen-bond donors (Lipinski definition) is 1. The average molecular weight is 174 g/mol. The van der Waals surface area contributed by atoms with Crippen molar-refractivity contribution in [2.24, 2.45) is 0 Å². The molecule has 1 aliphatic rings. The minimum atomic E-state index is -0.731. The highest BCUT2D eigenvalue weighted by Gasteiger charge is 2.17. The van der Waals surface area contributed by atoms with Gasteiger partial charge in [0.1, 0.15) is 0 Å². The van der Waals surface area contributed by atoms with Crippen LogP contribution in [0.2, 0.25) is 0 Å². The quantitative estimate of drug-likeness (QED) is 0.693. The highest BCUT2D eigenvalue weighted by Crippen LogP contribution is 2.26. The van der Waals surface area contributed by atoms with Gasteiger partial charge in [0.05, 0.1) is 5.60 Å². The van der Waals surface area contributed by atoms with Gasteiger partial charge in [-0.25, -0.2) is 0 Å². The Hall–Kier alpha value is -1.08. The molecule has 0 fully saturated rings. The van der Waals surface area contributed by atoms with E-state index in [2.05, 4.69) is 24.3 Å². The van der Waals surface area contributed by atoms with E-state index in [1.807, 2.05) is 19.9 Å². The summed E-state index contributed by atoms with van der Waals surface area (Å²) < 4.78 is 0. The van der Waals surface area contributed by atoms with E-state index in [4.69, 9.17) is 0 Å². The lowest BCUT2D eigenvalue weighted by atomic mass is 9.95.